The molecule has 2 aliphatic heterocycles. The molecule has 162 valence electrons. The maximum atomic E-state index is 13.0. The summed E-state index contributed by atoms with van der Waals surface area (Å²) < 4.78 is 41.1. The average molecular weight is 442 g/mol. The minimum absolute atomic E-state index is 0.0212. The standard InChI is InChI=1S/C20H23ClF3N5O/c21-14-8-7-13(20(22,23)24)11-15(14)25-18(30)12-28-9-4-5-16(28)19-27-26-17-6-2-1-3-10-29(17)19/h7-8,11,16H,1-6,9-10,12H2,(H,25,30). The fraction of sp³-hybridized carbons (Fsp3) is 0.550. The number of carbonyl (C=O) groups excluding carboxylic acids is 1. The van der Waals surface area contributed by atoms with Crippen molar-refractivity contribution >= 4 is 23.2 Å². The van der Waals surface area contributed by atoms with E-state index in [1.165, 1.54) is 0 Å². The molecular formula is C20H23ClF3N5O. The Bertz CT molecular complexity index is 930. The van der Waals surface area contributed by atoms with Crippen molar-refractivity contribution in [2.75, 3.05) is 18.4 Å². The molecule has 1 atom stereocenters. The predicted octanol–water partition coefficient (Wildman–Crippen LogP) is 4.45. The number of amides is 1. The van der Waals surface area contributed by atoms with Crippen LogP contribution in [0.15, 0.2) is 18.2 Å². The Labute approximate surface area is 177 Å². The van der Waals surface area contributed by atoms with Crippen molar-refractivity contribution in [3.05, 3.63) is 40.4 Å². The van der Waals surface area contributed by atoms with Gasteiger partial charge in [-0.1, -0.05) is 18.0 Å². The molecule has 6 nitrogen and oxygen atoms in total. The normalized spacial score (nSPS) is 20.1. The molecule has 2 aromatic rings. The summed E-state index contributed by atoms with van der Waals surface area (Å²) in [5.74, 6) is 1.47. The number of anilines is 1. The second-order valence-electron chi connectivity index (χ2n) is 7.81. The average Bonchev–Trinajstić information content (AvgIpc) is 3.22. The van der Waals surface area contributed by atoms with Gasteiger partial charge in [0.15, 0.2) is 0 Å². The van der Waals surface area contributed by atoms with E-state index in [1.807, 2.05) is 4.90 Å². The molecule has 0 aliphatic carbocycles. The van der Waals surface area contributed by atoms with Gasteiger partial charge in [-0.15, -0.1) is 10.2 Å². The molecule has 30 heavy (non-hydrogen) atoms. The highest BCUT2D eigenvalue weighted by molar-refractivity contribution is 6.33. The van der Waals surface area contributed by atoms with Gasteiger partial charge in [0.05, 0.1) is 28.9 Å². The number of benzene rings is 1. The number of aromatic nitrogens is 3. The number of hydrogen-bond acceptors (Lipinski definition) is 4. The number of rotatable bonds is 4. The fourth-order valence-electron chi connectivity index (χ4n) is 4.23. The van der Waals surface area contributed by atoms with Crippen LogP contribution in [0.3, 0.4) is 0 Å². The number of fused-ring (bicyclic) bond motifs is 1. The minimum Gasteiger partial charge on any atom is -0.324 e. The van der Waals surface area contributed by atoms with E-state index < -0.39 is 17.6 Å². The highest BCUT2D eigenvalue weighted by atomic mass is 35.5. The first kappa shape index (κ1) is 21.1. The number of likely N-dealkylation sites (tertiary alicyclic amines) is 1. The lowest BCUT2D eigenvalue weighted by atomic mass is 10.2. The quantitative estimate of drug-likeness (QED) is 0.761. The first-order valence-corrected chi connectivity index (χ1v) is 10.5. The molecule has 10 heteroatoms. The van der Waals surface area contributed by atoms with Crippen molar-refractivity contribution in [2.24, 2.45) is 0 Å². The summed E-state index contributed by atoms with van der Waals surface area (Å²) in [5, 5.41) is 11.4. The van der Waals surface area contributed by atoms with Crippen molar-refractivity contribution in [3.63, 3.8) is 0 Å². The van der Waals surface area contributed by atoms with Crippen LogP contribution in [-0.4, -0.2) is 38.7 Å². The van der Waals surface area contributed by atoms with Gasteiger partial charge in [0.1, 0.15) is 11.6 Å². The van der Waals surface area contributed by atoms with Gasteiger partial charge < -0.3 is 9.88 Å². The third-order valence-electron chi connectivity index (χ3n) is 5.71. The van der Waals surface area contributed by atoms with Gasteiger partial charge in [-0.25, -0.2) is 0 Å². The summed E-state index contributed by atoms with van der Waals surface area (Å²) in [6, 6.07) is 2.88. The summed E-state index contributed by atoms with van der Waals surface area (Å²) in [6.45, 7) is 1.66. The Hall–Kier alpha value is -2.13. The van der Waals surface area contributed by atoms with Crippen LogP contribution >= 0.6 is 11.6 Å². The number of aryl methyl sites for hydroxylation is 1. The van der Waals surface area contributed by atoms with E-state index in [0.29, 0.717) is 0 Å². The fourth-order valence-corrected chi connectivity index (χ4v) is 4.40. The van der Waals surface area contributed by atoms with Crippen molar-refractivity contribution in [2.45, 2.75) is 57.3 Å². The monoisotopic (exact) mass is 441 g/mol. The zero-order chi connectivity index (χ0) is 21.3. The van der Waals surface area contributed by atoms with E-state index in [4.69, 9.17) is 11.6 Å². The van der Waals surface area contributed by atoms with Crippen LogP contribution < -0.4 is 5.32 Å². The second-order valence-corrected chi connectivity index (χ2v) is 8.21. The maximum absolute atomic E-state index is 13.0. The second kappa shape index (κ2) is 8.55. The number of nitrogens with one attached hydrogen (secondary N) is 1. The molecule has 1 amide bonds. The highest BCUT2D eigenvalue weighted by Gasteiger charge is 2.33. The van der Waals surface area contributed by atoms with Crippen LogP contribution in [0.2, 0.25) is 5.02 Å². The van der Waals surface area contributed by atoms with E-state index in [0.717, 1.165) is 81.5 Å². The smallest absolute Gasteiger partial charge is 0.324 e. The topological polar surface area (TPSA) is 63.1 Å². The molecule has 4 rings (SSSR count). The third kappa shape index (κ3) is 4.46. The molecule has 0 saturated carbocycles. The third-order valence-corrected chi connectivity index (χ3v) is 6.04. The van der Waals surface area contributed by atoms with E-state index in [9.17, 15) is 18.0 Å². The lowest BCUT2D eigenvalue weighted by Crippen LogP contribution is -2.34. The summed E-state index contributed by atoms with van der Waals surface area (Å²) in [6.07, 6.45) is 1.55. The zero-order valence-corrected chi connectivity index (χ0v) is 17.1. The van der Waals surface area contributed by atoms with Gasteiger partial charge in [0.2, 0.25) is 5.91 Å². The van der Waals surface area contributed by atoms with E-state index in [2.05, 4.69) is 20.1 Å². The Morgan fingerprint density at radius 1 is 1.17 bits per heavy atom. The molecule has 1 aromatic carbocycles. The summed E-state index contributed by atoms with van der Waals surface area (Å²) in [4.78, 5) is 14.6. The van der Waals surface area contributed by atoms with E-state index in [-0.39, 0.29) is 23.3 Å². The number of alkyl halides is 3. The van der Waals surface area contributed by atoms with Gasteiger partial charge in [-0.3, -0.25) is 9.69 Å². The Kier molecular flexibility index (Phi) is 6.02. The molecular weight excluding hydrogens is 419 g/mol. The van der Waals surface area contributed by atoms with Gasteiger partial charge in [-0.2, -0.15) is 13.2 Å². The SMILES string of the molecule is O=C(CN1CCCC1c1nnc2n1CCCCC2)Nc1cc(C(F)(F)F)ccc1Cl. The Morgan fingerprint density at radius 3 is 2.80 bits per heavy atom. The van der Waals surface area contributed by atoms with Crippen molar-refractivity contribution in [1.29, 1.82) is 0 Å². The summed E-state index contributed by atoms with van der Waals surface area (Å²) in [5.41, 5.74) is -0.893. The molecule has 1 aromatic heterocycles. The first-order valence-electron chi connectivity index (χ1n) is 10.2. The lowest BCUT2D eigenvalue weighted by molar-refractivity contribution is -0.137. The molecule has 1 unspecified atom stereocenters. The van der Waals surface area contributed by atoms with E-state index >= 15 is 0 Å². The minimum atomic E-state index is -4.50. The van der Waals surface area contributed by atoms with Crippen LogP contribution in [0, 0.1) is 0 Å². The van der Waals surface area contributed by atoms with Gasteiger partial charge in [0.25, 0.3) is 0 Å². The molecule has 1 fully saturated rings. The van der Waals surface area contributed by atoms with Crippen LogP contribution in [-0.2, 0) is 23.9 Å². The molecule has 2 aliphatic rings. The van der Waals surface area contributed by atoms with Crippen molar-refractivity contribution in [1.82, 2.24) is 19.7 Å². The zero-order valence-electron chi connectivity index (χ0n) is 16.4. The van der Waals surface area contributed by atoms with Crippen molar-refractivity contribution < 1.29 is 18.0 Å². The number of halogens is 4. The lowest BCUT2D eigenvalue weighted by Gasteiger charge is -2.24. The summed E-state index contributed by atoms with van der Waals surface area (Å²) in [7, 11) is 0. The van der Waals surface area contributed by atoms with Crippen LogP contribution in [0.4, 0.5) is 18.9 Å². The number of nitrogens with zero attached hydrogens (tertiary/aromatic N) is 4. The summed E-state index contributed by atoms with van der Waals surface area (Å²) >= 11 is 5.99. The Morgan fingerprint density at radius 2 is 2.00 bits per heavy atom. The largest absolute Gasteiger partial charge is 0.416 e. The number of hydrogen-bond donors (Lipinski definition) is 1. The van der Waals surface area contributed by atoms with Gasteiger partial charge >= 0.3 is 6.18 Å². The van der Waals surface area contributed by atoms with Crippen LogP contribution in [0.1, 0.15) is 55.4 Å². The first-order chi connectivity index (χ1) is 14.3. The molecule has 0 spiro atoms. The molecule has 3 heterocycles. The van der Waals surface area contributed by atoms with Gasteiger partial charge in [-0.05, 0) is 50.4 Å². The predicted molar refractivity (Wildman–Crippen MR) is 106 cm³/mol. The van der Waals surface area contributed by atoms with Crippen molar-refractivity contribution in [3.8, 4) is 0 Å². The Balaban J connectivity index is 1.47. The molecule has 0 bridgehead atoms. The highest BCUT2D eigenvalue weighted by Crippen LogP contribution is 2.35. The maximum Gasteiger partial charge on any atom is 0.416 e. The van der Waals surface area contributed by atoms with Crippen LogP contribution in [0.5, 0.6) is 0 Å². The van der Waals surface area contributed by atoms with E-state index in [1.54, 1.807) is 0 Å². The van der Waals surface area contributed by atoms with Crippen LogP contribution in [0.25, 0.3) is 0 Å². The number of carbonyl (C=O) groups is 1. The van der Waals surface area contributed by atoms with Gasteiger partial charge in [0, 0.05) is 13.0 Å². The molecule has 0 radical (unpaired) electrons. The molecule has 1 N–H and O–H groups in total. The molecule has 1 saturated heterocycles.